The fourth-order valence-corrected chi connectivity index (χ4v) is 3.38. The van der Waals surface area contributed by atoms with Crippen molar-refractivity contribution in [2.45, 2.75) is 24.7 Å². The third kappa shape index (κ3) is 5.47. The lowest BCUT2D eigenvalue weighted by Crippen LogP contribution is -2.37. The summed E-state index contributed by atoms with van der Waals surface area (Å²) < 4.78 is 36.6. The molecule has 8 heteroatoms. The second-order valence-corrected chi connectivity index (χ2v) is 7.46. The average Bonchev–Trinajstić information content (AvgIpc) is 3.17. The highest BCUT2D eigenvalue weighted by Gasteiger charge is 2.50. The van der Waals surface area contributed by atoms with Gasteiger partial charge < -0.3 is 18.9 Å². The summed E-state index contributed by atoms with van der Waals surface area (Å²) in [5, 5.41) is 0. The Morgan fingerprint density at radius 3 is 1.62 bits per heavy atom. The fourth-order valence-electron chi connectivity index (χ4n) is 3.38. The maximum absolute atomic E-state index is 15.3. The second kappa shape index (κ2) is 10.7. The largest absolute Gasteiger partial charge is 0.459 e. The van der Waals surface area contributed by atoms with Gasteiger partial charge >= 0.3 is 17.9 Å². The van der Waals surface area contributed by atoms with Crippen molar-refractivity contribution in [3.63, 3.8) is 0 Å². The average molecular weight is 464 g/mol. The number of rotatable bonds is 7. The summed E-state index contributed by atoms with van der Waals surface area (Å²) in [6, 6.07) is 24.2. The fraction of sp³-hybridized carbons (Fsp3) is 0.192. The SMILES string of the molecule is O=C(OC[C@H]1O[C@@H](OC(=O)c2ccccc2)C(F)C1OC(=O)c1ccccc1)c1ccccc1. The summed E-state index contributed by atoms with van der Waals surface area (Å²) >= 11 is 0. The maximum atomic E-state index is 15.3. The molecule has 7 nitrogen and oxygen atoms in total. The van der Waals surface area contributed by atoms with Crippen LogP contribution < -0.4 is 0 Å². The first-order valence-electron chi connectivity index (χ1n) is 10.6. The van der Waals surface area contributed by atoms with E-state index in [1.54, 1.807) is 66.7 Å². The number of alkyl halides is 1. The predicted molar refractivity (Wildman–Crippen MR) is 118 cm³/mol. The van der Waals surface area contributed by atoms with Gasteiger partial charge in [-0.1, -0.05) is 54.6 Å². The summed E-state index contributed by atoms with van der Waals surface area (Å²) in [5.74, 6) is -2.24. The number of carbonyl (C=O) groups excluding carboxylic acids is 3. The molecule has 0 amide bonds. The van der Waals surface area contributed by atoms with E-state index in [0.717, 1.165) is 0 Å². The normalized spacial score (nSPS) is 21.4. The standard InChI is InChI=1S/C26H21FO7/c27-21-22(33-24(29)18-12-6-2-7-13-18)20(16-31-23(28)17-10-4-1-5-11-17)32-26(21)34-25(30)19-14-8-3-9-15-19/h1-15,20-22,26H,16H2/t20-,21?,22?,26+/m1/s1. The van der Waals surface area contributed by atoms with Crippen LogP contribution in [0, 0.1) is 0 Å². The Morgan fingerprint density at radius 2 is 1.12 bits per heavy atom. The Hall–Kier alpha value is -4.04. The molecule has 1 heterocycles. The van der Waals surface area contributed by atoms with E-state index in [1.807, 2.05) is 0 Å². The smallest absolute Gasteiger partial charge is 0.340 e. The van der Waals surface area contributed by atoms with Crippen LogP contribution in [0.15, 0.2) is 91.0 Å². The Morgan fingerprint density at radius 1 is 0.676 bits per heavy atom. The van der Waals surface area contributed by atoms with Crippen LogP contribution in [0.5, 0.6) is 0 Å². The zero-order valence-electron chi connectivity index (χ0n) is 17.9. The van der Waals surface area contributed by atoms with E-state index in [-0.39, 0.29) is 11.1 Å². The van der Waals surface area contributed by atoms with Gasteiger partial charge in [-0.15, -0.1) is 0 Å². The molecule has 1 saturated heterocycles. The van der Waals surface area contributed by atoms with Gasteiger partial charge in [0.05, 0.1) is 16.7 Å². The number of benzene rings is 3. The van der Waals surface area contributed by atoms with Gasteiger partial charge in [0.25, 0.3) is 0 Å². The van der Waals surface area contributed by atoms with E-state index < -0.39 is 49.2 Å². The van der Waals surface area contributed by atoms with Crippen LogP contribution in [-0.2, 0) is 18.9 Å². The van der Waals surface area contributed by atoms with Crippen molar-refractivity contribution in [1.29, 1.82) is 0 Å². The molecule has 3 aromatic rings. The van der Waals surface area contributed by atoms with E-state index in [1.165, 1.54) is 24.3 Å². The molecule has 1 fully saturated rings. The van der Waals surface area contributed by atoms with Gasteiger partial charge in [-0.25, -0.2) is 18.8 Å². The van der Waals surface area contributed by atoms with Crippen molar-refractivity contribution >= 4 is 17.9 Å². The molecule has 0 saturated carbocycles. The lowest BCUT2D eigenvalue weighted by Gasteiger charge is -2.19. The summed E-state index contributed by atoms with van der Waals surface area (Å²) in [4.78, 5) is 37.2. The molecule has 3 aromatic carbocycles. The minimum absolute atomic E-state index is 0.204. The quantitative estimate of drug-likeness (QED) is 0.386. The maximum Gasteiger partial charge on any atom is 0.340 e. The van der Waals surface area contributed by atoms with Gasteiger partial charge in [-0.05, 0) is 36.4 Å². The number of ether oxygens (including phenoxy) is 4. The Balaban J connectivity index is 1.47. The number of esters is 3. The topological polar surface area (TPSA) is 88.1 Å². The number of halogens is 1. The first-order valence-corrected chi connectivity index (χ1v) is 10.6. The zero-order chi connectivity index (χ0) is 23.9. The Labute approximate surface area is 195 Å². The molecular formula is C26H21FO7. The molecule has 4 rings (SSSR count). The number of hydrogen-bond donors (Lipinski definition) is 0. The molecule has 0 N–H and O–H groups in total. The number of hydrogen-bond acceptors (Lipinski definition) is 7. The van der Waals surface area contributed by atoms with Gasteiger partial charge in [0.15, 0.2) is 6.10 Å². The highest BCUT2D eigenvalue weighted by molar-refractivity contribution is 5.90. The lowest BCUT2D eigenvalue weighted by molar-refractivity contribution is -0.129. The van der Waals surface area contributed by atoms with E-state index >= 15 is 4.39 Å². The molecule has 1 aliphatic heterocycles. The summed E-state index contributed by atoms with van der Waals surface area (Å²) in [7, 11) is 0. The van der Waals surface area contributed by atoms with Gasteiger partial charge in [0.2, 0.25) is 12.5 Å². The van der Waals surface area contributed by atoms with Crippen molar-refractivity contribution in [3.05, 3.63) is 108 Å². The molecular weight excluding hydrogens is 443 g/mol. The molecule has 174 valence electrons. The van der Waals surface area contributed by atoms with Crippen LogP contribution in [0.4, 0.5) is 4.39 Å². The van der Waals surface area contributed by atoms with Crippen LogP contribution in [0.3, 0.4) is 0 Å². The third-order valence-electron chi connectivity index (χ3n) is 5.12. The third-order valence-corrected chi connectivity index (χ3v) is 5.12. The number of carbonyl (C=O) groups is 3. The van der Waals surface area contributed by atoms with Crippen LogP contribution in [-0.4, -0.2) is 49.2 Å². The van der Waals surface area contributed by atoms with Crippen molar-refractivity contribution in [1.82, 2.24) is 0 Å². The van der Waals surface area contributed by atoms with Crippen molar-refractivity contribution < 1.29 is 37.7 Å². The molecule has 0 bridgehead atoms. The molecule has 0 aliphatic carbocycles. The summed E-state index contributed by atoms with van der Waals surface area (Å²) in [5.41, 5.74) is 0.705. The predicted octanol–water partition coefficient (Wildman–Crippen LogP) is 3.99. The first-order chi connectivity index (χ1) is 16.5. The Bertz CT molecular complexity index is 1120. The van der Waals surface area contributed by atoms with Gasteiger partial charge in [0, 0.05) is 0 Å². The van der Waals surface area contributed by atoms with Crippen molar-refractivity contribution in [2.75, 3.05) is 6.61 Å². The Kier molecular flexibility index (Phi) is 7.29. The monoisotopic (exact) mass is 464 g/mol. The minimum Gasteiger partial charge on any atom is -0.459 e. The van der Waals surface area contributed by atoms with E-state index in [9.17, 15) is 14.4 Å². The highest BCUT2D eigenvalue weighted by atomic mass is 19.1. The highest BCUT2D eigenvalue weighted by Crippen LogP contribution is 2.29. The van der Waals surface area contributed by atoms with Crippen LogP contribution in [0.2, 0.25) is 0 Å². The van der Waals surface area contributed by atoms with Crippen molar-refractivity contribution in [2.24, 2.45) is 0 Å². The van der Waals surface area contributed by atoms with E-state index in [4.69, 9.17) is 18.9 Å². The van der Waals surface area contributed by atoms with Gasteiger partial charge in [-0.3, -0.25) is 0 Å². The zero-order valence-corrected chi connectivity index (χ0v) is 17.9. The minimum atomic E-state index is -2.00. The second-order valence-electron chi connectivity index (χ2n) is 7.46. The molecule has 4 atom stereocenters. The van der Waals surface area contributed by atoms with Gasteiger partial charge in [-0.2, -0.15) is 0 Å². The molecule has 1 aliphatic rings. The summed E-state index contributed by atoms with van der Waals surface area (Å²) in [6.45, 7) is -0.416. The van der Waals surface area contributed by atoms with Gasteiger partial charge in [0.1, 0.15) is 12.7 Å². The lowest BCUT2D eigenvalue weighted by atomic mass is 10.1. The first kappa shape index (κ1) is 23.1. The van der Waals surface area contributed by atoms with E-state index in [2.05, 4.69) is 0 Å². The molecule has 34 heavy (non-hydrogen) atoms. The molecule has 0 spiro atoms. The van der Waals surface area contributed by atoms with E-state index in [0.29, 0.717) is 5.56 Å². The van der Waals surface area contributed by atoms with Crippen molar-refractivity contribution in [3.8, 4) is 0 Å². The molecule has 2 unspecified atom stereocenters. The van der Waals surface area contributed by atoms with Crippen LogP contribution >= 0.6 is 0 Å². The summed E-state index contributed by atoms with van der Waals surface area (Å²) in [6.07, 6.45) is -6.31. The molecule has 0 radical (unpaired) electrons. The van der Waals surface area contributed by atoms with Crippen LogP contribution in [0.25, 0.3) is 0 Å². The van der Waals surface area contributed by atoms with Crippen LogP contribution in [0.1, 0.15) is 31.1 Å². The molecule has 0 aromatic heterocycles.